The van der Waals surface area contributed by atoms with Crippen LogP contribution in [0.3, 0.4) is 0 Å². The van der Waals surface area contributed by atoms with E-state index in [1.807, 2.05) is 6.07 Å². The van der Waals surface area contributed by atoms with Crippen molar-refractivity contribution in [3.05, 3.63) is 18.1 Å². The monoisotopic (exact) mass is 263 g/mol. The highest BCUT2D eigenvalue weighted by atomic mass is 16.5. The minimum atomic E-state index is 0.544. The van der Waals surface area contributed by atoms with E-state index >= 15 is 0 Å². The zero-order valence-corrected chi connectivity index (χ0v) is 12.1. The van der Waals surface area contributed by atoms with Crippen molar-refractivity contribution >= 4 is 0 Å². The van der Waals surface area contributed by atoms with Crippen LogP contribution in [0.5, 0.6) is 5.88 Å². The van der Waals surface area contributed by atoms with E-state index in [-0.39, 0.29) is 0 Å². The summed E-state index contributed by atoms with van der Waals surface area (Å²) in [5, 5.41) is 3.70. The molecule has 1 saturated carbocycles. The topological polar surface area (TPSA) is 47.0 Å². The SMILES string of the molecule is CCCNC(Cc1cc(OC)ncn1)C1CCCC1. The van der Waals surface area contributed by atoms with E-state index in [4.69, 9.17) is 4.74 Å². The molecule has 19 heavy (non-hydrogen) atoms. The van der Waals surface area contributed by atoms with Crippen LogP contribution in [0, 0.1) is 5.92 Å². The summed E-state index contributed by atoms with van der Waals surface area (Å²) in [6, 6.07) is 2.50. The molecule has 1 N–H and O–H groups in total. The second kappa shape index (κ2) is 7.43. The summed E-state index contributed by atoms with van der Waals surface area (Å²) in [5.74, 6) is 1.46. The number of nitrogens with zero attached hydrogens (tertiary/aromatic N) is 2. The van der Waals surface area contributed by atoms with E-state index < -0.39 is 0 Å². The third kappa shape index (κ3) is 4.16. The third-order valence-corrected chi connectivity index (χ3v) is 3.96. The third-order valence-electron chi connectivity index (χ3n) is 3.96. The fraction of sp³-hybridized carbons (Fsp3) is 0.733. The Hall–Kier alpha value is -1.16. The summed E-state index contributed by atoms with van der Waals surface area (Å²) in [6.07, 6.45) is 9.21. The molecule has 1 aromatic rings. The number of hydrogen-bond donors (Lipinski definition) is 1. The molecule has 0 saturated heterocycles. The molecule has 4 nitrogen and oxygen atoms in total. The fourth-order valence-corrected chi connectivity index (χ4v) is 2.92. The smallest absolute Gasteiger partial charge is 0.216 e. The molecular weight excluding hydrogens is 238 g/mol. The van der Waals surface area contributed by atoms with E-state index in [0.717, 1.165) is 24.6 Å². The molecule has 106 valence electrons. The molecule has 1 unspecified atom stereocenters. The molecular formula is C15H25N3O. The zero-order chi connectivity index (χ0) is 13.5. The number of nitrogens with one attached hydrogen (secondary N) is 1. The summed E-state index contributed by atoms with van der Waals surface area (Å²) in [6.45, 7) is 3.30. The van der Waals surface area contributed by atoms with Crippen LogP contribution >= 0.6 is 0 Å². The maximum atomic E-state index is 5.17. The van der Waals surface area contributed by atoms with Crippen molar-refractivity contribution in [2.45, 2.75) is 51.5 Å². The lowest BCUT2D eigenvalue weighted by Crippen LogP contribution is -2.37. The lowest BCUT2D eigenvalue weighted by molar-refractivity contribution is 0.352. The Morgan fingerprint density at radius 2 is 2.16 bits per heavy atom. The molecule has 0 spiro atoms. The van der Waals surface area contributed by atoms with Crippen LogP contribution in [0.1, 0.15) is 44.7 Å². The van der Waals surface area contributed by atoms with Gasteiger partial charge in [-0.25, -0.2) is 9.97 Å². The Labute approximate surface area is 116 Å². The number of ether oxygens (including phenoxy) is 1. The maximum Gasteiger partial charge on any atom is 0.216 e. The Kier molecular flexibility index (Phi) is 5.58. The van der Waals surface area contributed by atoms with Gasteiger partial charge < -0.3 is 10.1 Å². The molecule has 1 heterocycles. The summed E-state index contributed by atoms with van der Waals surface area (Å²) in [7, 11) is 1.65. The number of aromatic nitrogens is 2. The van der Waals surface area contributed by atoms with Gasteiger partial charge in [-0.15, -0.1) is 0 Å². The van der Waals surface area contributed by atoms with Crippen LogP contribution in [0.4, 0.5) is 0 Å². The Bertz CT molecular complexity index is 377. The second-order valence-corrected chi connectivity index (χ2v) is 5.36. The van der Waals surface area contributed by atoms with Crippen molar-refractivity contribution in [1.29, 1.82) is 0 Å². The molecule has 1 aliphatic carbocycles. The van der Waals surface area contributed by atoms with Crippen LogP contribution in [0.15, 0.2) is 12.4 Å². The molecule has 1 fully saturated rings. The van der Waals surface area contributed by atoms with Gasteiger partial charge in [-0.05, 0) is 31.7 Å². The molecule has 0 radical (unpaired) electrons. The Morgan fingerprint density at radius 1 is 1.37 bits per heavy atom. The molecule has 0 aliphatic heterocycles. The van der Waals surface area contributed by atoms with Crippen molar-refractivity contribution in [3.63, 3.8) is 0 Å². The van der Waals surface area contributed by atoms with Crippen LogP contribution < -0.4 is 10.1 Å². The van der Waals surface area contributed by atoms with Gasteiger partial charge in [-0.1, -0.05) is 19.8 Å². The first kappa shape index (κ1) is 14.3. The van der Waals surface area contributed by atoms with Gasteiger partial charge in [0.25, 0.3) is 0 Å². The molecule has 1 aromatic heterocycles. The minimum absolute atomic E-state index is 0.544. The van der Waals surface area contributed by atoms with Crippen molar-refractivity contribution in [1.82, 2.24) is 15.3 Å². The van der Waals surface area contributed by atoms with Crippen LogP contribution in [0.25, 0.3) is 0 Å². The van der Waals surface area contributed by atoms with E-state index in [1.54, 1.807) is 13.4 Å². The average Bonchev–Trinajstić information content (AvgIpc) is 2.97. The van der Waals surface area contributed by atoms with E-state index in [2.05, 4.69) is 22.2 Å². The molecule has 0 bridgehead atoms. The number of methoxy groups -OCH3 is 1. The fourth-order valence-electron chi connectivity index (χ4n) is 2.92. The molecule has 0 aromatic carbocycles. The number of rotatable bonds is 7. The molecule has 2 rings (SSSR count). The van der Waals surface area contributed by atoms with Gasteiger partial charge >= 0.3 is 0 Å². The molecule has 1 atom stereocenters. The van der Waals surface area contributed by atoms with Crippen molar-refractivity contribution < 1.29 is 4.74 Å². The van der Waals surface area contributed by atoms with Crippen LogP contribution in [0.2, 0.25) is 0 Å². The van der Waals surface area contributed by atoms with Crippen LogP contribution in [-0.2, 0) is 6.42 Å². The van der Waals surface area contributed by atoms with Crippen LogP contribution in [-0.4, -0.2) is 29.7 Å². The highest BCUT2D eigenvalue weighted by Crippen LogP contribution is 2.29. The van der Waals surface area contributed by atoms with Crippen molar-refractivity contribution in [2.75, 3.05) is 13.7 Å². The first-order valence-corrected chi connectivity index (χ1v) is 7.41. The number of hydrogen-bond acceptors (Lipinski definition) is 4. The quantitative estimate of drug-likeness (QED) is 0.821. The predicted molar refractivity (Wildman–Crippen MR) is 76.3 cm³/mol. The normalized spacial score (nSPS) is 17.6. The van der Waals surface area contributed by atoms with E-state index in [0.29, 0.717) is 11.9 Å². The van der Waals surface area contributed by atoms with Crippen molar-refractivity contribution in [2.24, 2.45) is 5.92 Å². The van der Waals surface area contributed by atoms with Gasteiger partial charge in [-0.2, -0.15) is 0 Å². The van der Waals surface area contributed by atoms with E-state index in [9.17, 15) is 0 Å². The predicted octanol–water partition coefficient (Wildman–Crippen LogP) is 2.59. The first-order chi connectivity index (χ1) is 9.33. The standard InChI is InChI=1S/C15H25N3O/c1-3-8-16-14(12-6-4-5-7-12)9-13-10-15(19-2)18-11-17-13/h10-12,14,16H,3-9H2,1-2H3. The minimum Gasteiger partial charge on any atom is -0.481 e. The summed E-state index contributed by atoms with van der Waals surface area (Å²) in [4.78, 5) is 8.45. The summed E-state index contributed by atoms with van der Waals surface area (Å²) < 4.78 is 5.17. The lowest BCUT2D eigenvalue weighted by Gasteiger charge is -2.24. The van der Waals surface area contributed by atoms with Gasteiger partial charge in [0.15, 0.2) is 0 Å². The lowest BCUT2D eigenvalue weighted by atomic mass is 9.94. The summed E-state index contributed by atoms with van der Waals surface area (Å²) >= 11 is 0. The zero-order valence-electron chi connectivity index (χ0n) is 12.1. The maximum absolute atomic E-state index is 5.17. The Balaban J connectivity index is 2.00. The summed E-state index contributed by atoms with van der Waals surface area (Å²) in [5.41, 5.74) is 1.08. The van der Waals surface area contributed by atoms with Gasteiger partial charge in [0.2, 0.25) is 5.88 Å². The largest absolute Gasteiger partial charge is 0.481 e. The second-order valence-electron chi connectivity index (χ2n) is 5.36. The molecule has 4 heteroatoms. The highest BCUT2D eigenvalue weighted by Gasteiger charge is 2.25. The highest BCUT2D eigenvalue weighted by molar-refractivity contribution is 5.14. The van der Waals surface area contributed by atoms with E-state index in [1.165, 1.54) is 32.1 Å². The van der Waals surface area contributed by atoms with Gasteiger partial charge in [0.05, 0.1) is 7.11 Å². The van der Waals surface area contributed by atoms with Gasteiger partial charge in [0.1, 0.15) is 6.33 Å². The average molecular weight is 263 g/mol. The van der Waals surface area contributed by atoms with Crippen molar-refractivity contribution in [3.8, 4) is 5.88 Å². The van der Waals surface area contributed by atoms with Gasteiger partial charge in [0, 0.05) is 24.2 Å². The molecule has 0 amide bonds. The Morgan fingerprint density at radius 3 is 2.84 bits per heavy atom. The first-order valence-electron chi connectivity index (χ1n) is 7.41. The molecule has 1 aliphatic rings. The van der Waals surface area contributed by atoms with Gasteiger partial charge in [-0.3, -0.25) is 0 Å².